The van der Waals surface area contributed by atoms with Crippen molar-refractivity contribution in [2.75, 3.05) is 10.6 Å². The van der Waals surface area contributed by atoms with Gasteiger partial charge in [0, 0.05) is 23.7 Å². The number of fused-ring (bicyclic) bond motifs is 1. The number of carbonyl (C=O) groups is 1. The normalized spacial score (nSPS) is 15.5. The van der Waals surface area contributed by atoms with E-state index in [1.54, 1.807) is 0 Å². The van der Waals surface area contributed by atoms with Gasteiger partial charge in [0.2, 0.25) is 0 Å². The zero-order chi connectivity index (χ0) is 21.5. The van der Waals surface area contributed by atoms with E-state index in [-0.39, 0.29) is 6.03 Å². The van der Waals surface area contributed by atoms with Crippen molar-refractivity contribution in [1.82, 2.24) is 5.32 Å². The molecule has 3 aromatic carbocycles. The zero-order valence-corrected chi connectivity index (χ0v) is 18.4. The number of urea groups is 1. The molecule has 4 heteroatoms. The molecular formula is C27H33N3O. The summed E-state index contributed by atoms with van der Waals surface area (Å²) in [7, 11) is 0. The van der Waals surface area contributed by atoms with E-state index >= 15 is 0 Å². The van der Waals surface area contributed by atoms with Crippen molar-refractivity contribution in [2.24, 2.45) is 5.92 Å². The summed E-state index contributed by atoms with van der Waals surface area (Å²) in [6, 6.07) is 22.3. The fraction of sp³-hybridized carbons (Fsp3) is 0.370. The van der Waals surface area contributed by atoms with Gasteiger partial charge < -0.3 is 16.0 Å². The molecule has 3 aromatic rings. The topological polar surface area (TPSA) is 53.2 Å². The van der Waals surface area contributed by atoms with Crippen molar-refractivity contribution in [3.8, 4) is 0 Å². The minimum absolute atomic E-state index is 0.223. The number of amides is 2. The van der Waals surface area contributed by atoms with Gasteiger partial charge in [0.15, 0.2) is 0 Å². The monoisotopic (exact) mass is 415 g/mol. The third-order valence-electron chi connectivity index (χ3n) is 6.36. The Kier molecular flexibility index (Phi) is 7.21. The largest absolute Gasteiger partial charge is 0.323 e. The fourth-order valence-corrected chi connectivity index (χ4v) is 4.70. The van der Waals surface area contributed by atoms with Crippen molar-refractivity contribution in [2.45, 2.75) is 58.0 Å². The number of para-hydroxylation sites is 1. The molecule has 3 N–H and O–H groups in total. The molecular weight excluding hydrogens is 382 g/mol. The molecule has 0 heterocycles. The van der Waals surface area contributed by atoms with E-state index < -0.39 is 0 Å². The number of hydrogen-bond acceptors (Lipinski definition) is 2. The van der Waals surface area contributed by atoms with Crippen LogP contribution in [-0.4, -0.2) is 12.1 Å². The summed E-state index contributed by atoms with van der Waals surface area (Å²) in [6.45, 7) is 3.02. The molecule has 0 bridgehead atoms. The summed E-state index contributed by atoms with van der Waals surface area (Å²) in [5, 5.41) is 11.9. The van der Waals surface area contributed by atoms with E-state index in [1.807, 2.05) is 60.7 Å². The first kappa shape index (κ1) is 21.4. The number of rotatable bonds is 7. The van der Waals surface area contributed by atoms with E-state index in [4.69, 9.17) is 0 Å². The fourth-order valence-electron chi connectivity index (χ4n) is 4.70. The highest BCUT2D eigenvalue weighted by Gasteiger charge is 2.16. The molecule has 4 nitrogen and oxygen atoms in total. The third-order valence-corrected chi connectivity index (χ3v) is 6.36. The number of hydrogen-bond donors (Lipinski definition) is 3. The van der Waals surface area contributed by atoms with Gasteiger partial charge in [-0.3, -0.25) is 0 Å². The Morgan fingerprint density at radius 1 is 0.871 bits per heavy atom. The first-order chi connectivity index (χ1) is 15.2. The lowest BCUT2D eigenvalue weighted by atomic mass is 9.85. The Bertz CT molecular complexity index is 1000. The highest BCUT2D eigenvalue weighted by atomic mass is 16.2. The van der Waals surface area contributed by atoms with Crippen LogP contribution < -0.4 is 16.0 Å². The molecule has 1 atom stereocenters. The van der Waals surface area contributed by atoms with E-state index in [0.29, 0.717) is 6.04 Å². The van der Waals surface area contributed by atoms with E-state index in [2.05, 4.69) is 28.9 Å². The molecule has 2 amide bonds. The maximum absolute atomic E-state index is 12.7. The van der Waals surface area contributed by atoms with Crippen LogP contribution in [0.25, 0.3) is 10.8 Å². The first-order valence-corrected chi connectivity index (χ1v) is 11.6. The quantitative estimate of drug-likeness (QED) is 0.392. The van der Waals surface area contributed by atoms with Crippen molar-refractivity contribution < 1.29 is 4.79 Å². The molecule has 1 aliphatic rings. The van der Waals surface area contributed by atoms with Crippen molar-refractivity contribution >= 4 is 28.2 Å². The molecule has 162 valence electrons. The van der Waals surface area contributed by atoms with Crippen LogP contribution in [0.2, 0.25) is 0 Å². The third kappa shape index (κ3) is 5.86. The maximum atomic E-state index is 12.7. The second-order valence-corrected chi connectivity index (χ2v) is 8.78. The molecule has 0 radical (unpaired) electrons. The zero-order valence-electron chi connectivity index (χ0n) is 18.4. The predicted octanol–water partition coefficient (Wildman–Crippen LogP) is 6.93. The Hall–Kier alpha value is -2.85. The summed E-state index contributed by atoms with van der Waals surface area (Å²) in [5.41, 5.74) is 2.76. The van der Waals surface area contributed by atoms with Crippen LogP contribution in [0.15, 0.2) is 66.7 Å². The Balaban J connectivity index is 1.36. The van der Waals surface area contributed by atoms with E-state index in [9.17, 15) is 4.79 Å². The molecule has 0 aromatic heterocycles. The number of carbonyl (C=O) groups excluding carboxylic acids is 1. The van der Waals surface area contributed by atoms with Gasteiger partial charge >= 0.3 is 6.03 Å². The lowest BCUT2D eigenvalue weighted by molar-refractivity contribution is 0.262. The van der Waals surface area contributed by atoms with Crippen molar-refractivity contribution in [3.05, 3.63) is 72.3 Å². The molecule has 1 unspecified atom stereocenters. The highest BCUT2D eigenvalue weighted by Crippen LogP contribution is 2.27. The van der Waals surface area contributed by atoms with Gasteiger partial charge in [-0.25, -0.2) is 4.79 Å². The molecule has 0 aliphatic heterocycles. The lowest BCUT2D eigenvalue weighted by Gasteiger charge is -2.25. The average molecular weight is 416 g/mol. The minimum atomic E-state index is -0.223. The van der Waals surface area contributed by atoms with Crippen LogP contribution in [0, 0.1) is 5.92 Å². The maximum Gasteiger partial charge on any atom is 0.323 e. The molecule has 1 saturated carbocycles. The second kappa shape index (κ2) is 10.5. The average Bonchev–Trinajstić information content (AvgIpc) is 2.79. The minimum Gasteiger partial charge on any atom is -0.310 e. The number of nitrogens with one attached hydrogen (secondary N) is 3. The SMILES string of the molecule is CC(CC1CCCCC1)NCc1ccccc1NC(=O)Nc1cccc2ccccc12. The van der Waals surface area contributed by atoms with E-state index in [0.717, 1.165) is 40.2 Å². The van der Waals surface area contributed by atoms with Crippen LogP contribution in [0.4, 0.5) is 16.2 Å². The first-order valence-electron chi connectivity index (χ1n) is 11.6. The van der Waals surface area contributed by atoms with Gasteiger partial charge in [-0.15, -0.1) is 0 Å². The van der Waals surface area contributed by atoms with E-state index in [1.165, 1.54) is 38.5 Å². The van der Waals surface area contributed by atoms with Crippen LogP contribution in [0.3, 0.4) is 0 Å². The Morgan fingerprint density at radius 3 is 2.42 bits per heavy atom. The molecule has 0 saturated heterocycles. The van der Waals surface area contributed by atoms with Crippen LogP contribution >= 0.6 is 0 Å². The molecule has 0 spiro atoms. The van der Waals surface area contributed by atoms with Gasteiger partial charge in [0.05, 0.1) is 5.69 Å². The second-order valence-electron chi connectivity index (χ2n) is 8.78. The summed E-state index contributed by atoms with van der Waals surface area (Å²) >= 11 is 0. The van der Waals surface area contributed by atoms with Crippen LogP contribution in [0.5, 0.6) is 0 Å². The summed E-state index contributed by atoms with van der Waals surface area (Å²) in [5.74, 6) is 0.857. The van der Waals surface area contributed by atoms with Gasteiger partial charge in [0.1, 0.15) is 0 Å². The smallest absolute Gasteiger partial charge is 0.310 e. The summed E-state index contributed by atoms with van der Waals surface area (Å²) in [6.07, 6.45) is 8.15. The number of anilines is 2. The van der Waals surface area contributed by atoms with Crippen molar-refractivity contribution in [3.63, 3.8) is 0 Å². The van der Waals surface area contributed by atoms with Crippen molar-refractivity contribution in [1.29, 1.82) is 0 Å². The Morgan fingerprint density at radius 2 is 1.55 bits per heavy atom. The molecule has 4 rings (SSSR count). The van der Waals surface area contributed by atoms with Gasteiger partial charge in [-0.2, -0.15) is 0 Å². The molecule has 1 aliphatic carbocycles. The highest BCUT2D eigenvalue weighted by molar-refractivity contribution is 6.06. The van der Waals surface area contributed by atoms with Crippen LogP contribution in [-0.2, 0) is 6.54 Å². The molecule has 31 heavy (non-hydrogen) atoms. The van der Waals surface area contributed by atoms with Gasteiger partial charge in [0.25, 0.3) is 0 Å². The number of benzene rings is 3. The van der Waals surface area contributed by atoms with Gasteiger partial charge in [-0.1, -0.05) is 86.7 Å². The standard InChI is InChI=1S/C27H33N3O/c1-20(18-21-10-3-2-4-11-21)28-19-23-13-6-8-16-25(23)29-27(31)30-26-17-9-14-22-12-5-7-15-24(22)26/h5-9,12-17,20-21,28H,2-4,10-11,18-19H2,1H3,(H2,29,30,31). The van der Waals surface area contributed by atoms with Gasteiger partial charge in [-0.05, 0) is 42.3 Å². The summed E-state index contributed by atoms with van der Waals surface area (Å²) in [4.78, 5) is 12.7. The predicted molar refractivity (Wildman–Crippen MR) is 131 cm³/mol. The molecule has 1 fully saturated rings. The van der Waals surface area contributed by atoms with Crippen LogP contribution in [0.1, 0.15) is 51.0 Å². The Labute approximate surface area is 185 Å². The summed E-state index contributed by atoms with van der Waals surface area (Å²) < 4.78 is 0. The lowest BCUT2D eigenvalue weighted by Crippen LogP contribution is -2.29.